The SMILES string of the molecule is CC1(C)CC(CC2CCCCC2)CO1. The van der Waals surface area contributed by atoms with E-state index >= 15 is 0 Å². The smallest absolute Gasteiger partial charge is 0.0630 e. The molecule has 2 fully saturated rings. The molecule has 0 bridgehead atoms. The molecule has 1 aliphatic heterocycles. The molecule has 0 aromatic rings. The van der Waals surface area contributed by atoms with Crippen molar-refractivity contribution in [3.05, 3.63) is 0 Å². The lowest BCUT2D eigenvalue weighted by atomic mass is 9.81. The number of rotatable bonds is 2. The molecule has 1 saturated carbocycles. The van der Waals surface area contributed by atoms with Crippen LogP contribution in [0.1, 0.15) is 58.8 Å². The lowest BCUT2D eigenvalue weighted by molar-refractivity contribution is 0.0344. The average Bonchev–Trinajstić information content (AvgIpc) is 2.47. The van der Waals surface area contributed by atoms with Crippen molar-refractivity contribution in [3.63, 3.8) is 0 Å². The van der Waals surface area contributed by atoms with Crippen LogP contribution >= 0.6 is 0 Å². The highest BCUT2D eigenvalue weighted by molar-refractivity contribution is 4.82. The summed E-state index contributed by atoms with van der Waals surface area (Å²) in [4.78, 5) is 0. The van der Waals surface area contributed by atoms with Gasteiger partial charge in [0.2, 0.25) is 0 Å². The summed E-state index contributed by atoms with van der Waals surface area (Å²) >= 11 is 0. The Hall–Kier alpha value is -0.0400. The minimum atomic E-state index is 0.166. The summed E-state index contributed by atoms with van der Waals surface area (Å²) in [6.45, 7) is 5.48. The van der Waals surface area contributed by atoms with Crippen molar-refractivity contribution in [2.24, 2.45) is 11.8 Å². The van der Waals surface area contributed by atoms with E-state index in [1.54, 1.807) is 0 Å². The van der Waals surface area contributed by atoms with Crippen LogP contribution in [-0.4, -0.2) is 12.2 Å². The summed E-state index contributed by atoms with van der Waals surface area (Å²) in [6, 6.07) is 0. The molecule has 1 aliphatic carbocycles. The Balaban J connectivity index is 1.75. The number of hydrogen-bond acceptors (Lipinski definition) is 1. The van der Waals surface area contributed by atoms with Gasteiger partial charge < -0.3 is 4.74 Å². The van der Waals surface area contributed by atoms with E-state index in [0.717, 1.165) is 18.4 Å². The van der Waals surface area contributed by atoms with Crippen LogP contribution in [0.15, 0.2) is 0 Å². The van der Waals surface area contributed by atoms with Crippen LogP contribution in [-0.2, 0) is 4.74 Å². The van der Waals surface area contributed by atoms with Crippen LogP contribution in [0.25, 0.3) is 0 Å². The normalized spacial score (nSPS) is 33.4. The maximum Gasteiger partial charge on any atom is 0.0630 e. The molecule has 1 nitrogen and oxygen atoms in total. The second-order valence-electron chi connectivity index (χ2n) is 5.88. The van der Waals surface area contributed by atoms with E-state index in [-0.39, 0.29) is 5.60 Å². The molecular weight excluding hydrogens is 172 g/mol. The topological polar surface area (TPSA) is 9.23 Å². The van der Waals surface area contributed by atoms with Crippen LogP contribution in [0.5, 0.6) is 0 Å². The molecule has 1 saturated heterocycles. The average molecular weight is 196 g/mol. The Morgan fingerprint density at radius 3 is 2.36 bits per heavy atom. The quantitative estimate of drug-likeness (QED) is 0.653. The molecule has 0 aromatic carbocycles. The van der Waals surface area contributed by atoms with Gasteiger partial charge in [-0.2, -0.15) is 0 Å². The van der Waals surface area contributed by atoms with Gasteiger partial charge in [0.25, 0.3) is 0 Å². The van der Waals surface area contributed by atoms with E-state index in [2.05, 4.69) is 13.8 Å². The summed E-state index contributed by atoms with van der Waals surface area (Å²) in [5.41, 5.74) is 0.166. The summed E-state index contributed by atoms with van der Waals surface area (Å²) in [6.07, 6.45) is 10.1. The maximum absolute atomic E-state index is 5.79. The monoisotopic (exact) mass is 196 g/mol. The van der Waals surface area contributed by atoms with Crippen LogP contribution in [0.4, 0.5) is 0 Å². The van der Waals surface area contributed by atoms with E-state index in [1.807, 2.05) is 0 Å². The van der Waals surface area contributed by atoms with E-state index in [0.29, 0.717) is 0 Å². The van der Waals surface area contributed by atoms with E-state index in [1.165, 1.54) is 44.9 Å². The summed E-state index contributed by atoms with van der Waals surface area (Å²) in [7, 11) is 0. The minimum absolute atomic E-state index is 0.166. The van der Waals surface area contributed by atoms with Crippen LogP contribution in [0.2, 0.25) is 0 Å². The summed E-state index contributed by atoms with van der Waals surface area (Å²) < 4.78 is 5.79. The van der Waals surface area contributed by atoms with Crippen LogP contribution in [0, 0.1) is 11.8 Å². The predicted octanol–water partition coefficient (Wildman–Crippen LogP) is 3.77. The number of hydrogen-bond donors (Lipinski definition) is 0. The Labute approximate surface area is 88.2 Å². The van der Waals surface area contributed by atoms with E-state index in [9.17, 15) is 0 Å². The van der Waals surface area contributed by atoms with Crippen LogP contribution in [0.3, 0.4) is 0 Å². The lowest BCUT2D eigenvalue weighted by Gasteiger charge is -2.24. The first-order chi connectivity index (χ1) is 6.66. The highest BCUT2D eigenvalue weighted by Gasteiger charge is 2.33. The molecule has 14 heavy (non-hydrogen) atoms. The Morgan fingerprint density at radius 1 is 1.07 bits per heavy atom. The van der Waals surface area contributed by atoms with Crippen molar-refractivity contribution < 1.29 is 4.74 Å². The second-order valence-corrected chi connectivity index (χ2v) is 5.88. The molecule has 1 heteroatoms. The first kappa shape index (κ1) is 10.5. The van der Waals surface area contributed by atoms with Crippen molar-refractivity contribution >= 4 is 0 Å². The molecule has 1 atom stereocenters. The molecule has 2 aliphatic rings. The fraction of sp³-hybridized carbons (Fsp3) is 1.00. The molecule has 1 heterocycles. The first-order valence-electron chi connectivity index (χ1n) is 6.30. The Bertz CT molecular complexity index is 180. The number of ether oxygens (including phenoxy) is 1. The van der Waals surface area contributed by atoms with E-state index < -0.39 is 0 Å². The summed E-state index contributed by atoms with van der Waals surface area (Å²) in [5.74, 6) is 1.87. The van der Waals surface area contributed by atoms with Crippen molar-refractivity contribution in [1.29, 1.82) is 0 Å². The highest BCUT2D eigenvalue weighted by Crippen LogP contribution is 2.36. The van der Waals surface area contributed by atoms with Gasteiger partial charge in [-0.3, -0.25) is 0 Å². The largest absolute Gasteiger partial charge is 0.375 e. The third-order valence-electron chi connectivity index (χ3n) is 3.88. The predicted molar refractivity (Wildman–Crippen MR) is 59.3 cm³/mol. The fourth-order valence-corrected chi connectivity index (χ4v) is 3.20. The standard InChI is InChI=1S/C13H24O/c1-13(2)9-12(10-14-13)8-11-6-4-3-5-7-11/h11-12H,3-10H2,1-2H3. The minimum Gasteiger partial charge on any atom is -0.375 e. The van der Waals surface area contributed by atoms with Gasteiger partial charge in [-0.1, -0.05) is 32.1 Å². The molecule has 2 rings (SSSR count). The molecule has 0 amide bonds. The molecular formula is C13H24O. The van der Waals surface area contributed by atoms with Crippen molar-refractivity contribution in [1.82, 2.24) is 0 Å². The van der Waals surface area contributed by atoms with Gasteiger partial charge in [-0.25, -0.2) is 0 Å². The Morgan fingerprint density at radius 2 is 1.79 bits per heavy atom. The maximum atomic E-state index is 5.79. The molecule has 0 aromatic heterocycles. The molecule has 0 spiro atoms. The van der Waals surface area contributed by atoms with Gasteiger partial charge in [-0.15, -0.1) is 0 Å². The highest BCUT2D eigenvalue weighted by atomic mass is 16.5. The van der Waals surface area contributed by atoms with Gasteiger partial charge in [0.05, 0.1) is 12.2 Å². The zero-order valence-electron chi connectivity index (χ0n) is 9.72. The first-order valence-corrected chi connectivity index (χ1v) is 6.30. The zero-order valence-corrected chi connectivity index (χ0v) is 9.72. The van der Waals surface area contributed by atoms with Gasteiger partial charge in [0, 0.05) is 0 Å². The van der Waals surface area contributed by atoms with Crippen LogP contribution < -0.4 is 0 Å². The van der Waals surface area contributed by atoms with E-state index in [4.69, 9.17) is 4.74 Å². The van der Waals surface area contributed by atoms with Crippen molar-refractivity contribution in [2.75, 3.05) is 6.61 Å². The lowest BCUT2D eigenvalue weighted by Crippen LogP contribution is -2.17. The molecule has 0 radical (unpaired) electrons. The van der Waals surface area contributed by atoms with Gasteiger partial charge in [0.15, 0.2) is 0 Å². The summed E-state index contributed by atoms with van der Waals surface area (Å²) in [5, 5.41) is 0. The zero-order chi connectivity index (χ0) is 10.0. The molecule has 1 unspecified atom stereocenters. The third kappa shape index (κ3) is 2.73. The van der Waals surface area contributed by atoms with Crippen molar-refractivity contribution in [2.45, 2.75) is 64.4 Å². The molecule has 82 valence electrons. The second kappa shape index (κ2) is 4.22. The Kier molecular flexibility index (Phi) is 3.16. The van der Waals surface area contributed by atoms with Crippen molar-refractivity contribution in [3.8, 4) is 0 Å². The fourth-order valence-electron chi connectivity index (χ4n) is 3.20. The van der Waals surface area contributed by atoms with Gasteiger partial charge in [-0.05, 0) is 38.5 Å². The van der Waals surface area contributed by atoms with Gasteiger partial charge >= 0.3 is 0 Å². The third-order valence-corrected chi connectivity index (χ3v) is 3.88. The molecule has 0 N–H and O–H groups in total. The van der Waals surface area contributed by atoms with Gasteiger partial charge in [0.1, 0.15) is 0 Å².